The minimum absolute atomic E-state index is 0.254. The van der Waals surface area contributed by atoms with Gasteiger partial charge in [-0.2, -0.15) is 0 Å². The molecule has 6 heteroatoms. The lowest BCUT2D eigenvalue weighted by Crippen LogP contribution is -2.47. The van der Waals surface area contributed by atoms with E-state index < -0.39 is 12.0 Å². The molecule has 0 aliphatic rings. The monoisotopic (exact) mass is 356 g/mol. The van der Waals surface area contributed by atoms with Crippen LogP contribution in [0.15, 0.2) is 54.6 Å². The summed E-state index contributed by atoms with van der Waals surface area (Å²) in [5.74, 6) is 0.608. The van der Waals surface area contributed by atoms with E-state index in [9.17, 15) is 9.59 Å². The topological polar surface area (TPSA) is 76.7 Å². The Morgan fingerprint density at radius 3 is 2.27 bits per heavy atom. The van der Waals surface area contributed by atoms with Crippen molar-refractivity contribution in [1.29, 1.82) is 0 Å². The van der Waals surface area contributed by atoms with Crippen LogP contribution in [0.4, 0.5) is 0 Å². The molecule has 2 amide bonds. The lowest BCUT2D eigenvalue weighted by molar-refractivity contribution is -0.132. The molecule has 2 N–H and O–H groups in total. The third kappa shape index (κ3) is 6.47. The highest BCUT2D eigenvalue weighted by Gasteiger charge is 2.15. The van der Waals surface area contributed by atoms with Crippen molar-refractivity contribution in [3.63, 3.8) is 0 Å². The first-order chi connectivity index (χ1) is 12.6. The molecule has 0 fully saturated rings. The second-order valence-electron chi connectivity index (χ2n) is 5.69. The van der Waals surface area contributed by atoms with E-state index in [-0.39, 0.29) is 5.91 Å². The smallest absolute Gasteiger partial charge is 0.279 e. The van der Waals surface area contributed by atoms with Crippen molar-refractivity contribution in [3.8, 4) is 11.5 Å². The summed E-state index contributed by atoms with van der Waals surface area (Å²) in [7, 11) is 0. The van der Waals surface area contributed by atoms with Gasteiger partial charge in [-0.05, 0) is 50.1 Å². The molecule has 0 bridgehead atoms. The van der Waals surface area contributed by atoms with E-state index in [0.29, 0.717) is 25.2 Å². The fourth-order valence-corrected chi connectivity index (χ4v) is 2.24. The number of aryl methyl sites for hydroxylation is 1. The number of rotatable bonds is 8. The van der Waals surface area contributed by atoms with Crippen molar-refractivity contribution < 1.29 is 19.1 Å². The average molecular weight is 356 g/mol. The summed E-state index contributed by atoms with van der Waals surface area (Å²) in [6.45, 7) is 4.11. The van der Waals surface area contributed by atoms with Crippen LogP contribution >= 0.6 is 0 Å². The molecule has 0 unspecified atom stereocenters. The molecule has 0 spiro atoms. The fourth-order valence-electron chi connectivity index (χ4n) is 2.24. The molecule has 0 saturated carbocycles. The molecule has 0 radical (unpaired) electrons. The first-order valence-corrected chi connectivity index (χ1v) is 8.60. The van der Waals surface area contributed by atoms with Crippen LogP contribution in [0, 0.1) is 0 Å². The first kappa shape index (κ1) is 19.3. The zero-order valence-corrected chi connectivity index (χ0v) is 15.0. The highest BCUT2D eigenvalue weighted by Crippen LogP contribution is 2.18. The summed E-state index contributed by atoms with van der Waals surface area (Å²) in [5.41, 5.74) is 5.86. The van der Waals surface area contributed by atoms with Crippen molar-refractivity contribution in [1.82, 2.24) is 10.9 Å². The van der Waals surface area contributed by atoms with Gasteiger partial charge in [-0.25, -0.2) is 0 Å². The quantitative estimate of drug-likeness (QED) is 0.713. The number of carbonyl (C=O) groups is 2. The van der Waals surface area contributed by atoms with Gasteiger partial charge in [-0.3, -0.25) is 20.4 Å². The third-order valence-electron chi connectivity index (χ3n) is 3.63. The van der Waals surface area contributed by atoms with Crippen LogP contribution in [0.25, 0.3) is 0 Å². The van der Waals surface area contributed by atoms with Gasteiger partial charge in [0.05, 0.1) is 6.61 Å². The highest BCUT2D eigenvalue weighted by atomic mass is 16.5. The van der Waals surface area contributed by atoms with Crippen LogP contribution in [-0.2, 0) is 16.0 Å². The van der Waals surface area contributed by atoms with E-state index in [2.05, 4.69) is 10.9 Å². The van der Waals surface area contributed by atoms with Crippen LogP contribution < -0.4 is 20.3 Å². The largest absolute Gasteiger partial charge is 0.494 e. The standard InChI is InChI=1S/C20H24N2O4/c1-3-25-17-10-12-18(13-11-17)26-15(2)20(24)22-21-19(23)14-9-16-7-5-4-6-8-16/h4-8,10-13,15H,3,9,14H2,1-2H3,(H,21,23)(H,22,24)/t15-/m0/s1. The molecule has 0 heterocycles. The molecule has 0 aliphatic carbocycles. The van der Waals surface area contributed by atoms with Crippen molar-refractivity contribution in [3.05, 3.63) is 60.2 Å². The maximum Gasteiger partial charge on any atom is 0.279 e. The second kappa shape index (κ2) is 10.1. The van der Waals surface area contributed by atoms with Crippen molar-refractivity contribution in [2.45, 2.75) is 32.8 Å². The van der Waals surface area contributed by atoms with Crippen molar-refractivity contribution in [2.24, 2.45) is 0 Å². The van der Waals surface area contributed by atoms with E-state index in [1.165, 1.54) is 0 Å². The van der Waals surface area contributed by atoms with E-state index >= 15 is 0 Å². The van der Waals surface area contributed by atoms with Gasteiger partial charge in [0.15, 0.2) is 6.10 Å². The van der Waals surface area contributed by atoms with Crippen molar-refractivity contribution in [2.75, 3.05) is 6.61 Å². The maximum absolute atomic E-state index is 12.0. The summed E-state index contributed by atoms with van der Waals surface area (Å²) in [5, 5.41) is 0. The van der Waals surface area contributed by atoms with E-state index in [0.717, 1.165) is 11.3 Å². The van der Waals surface area contributed by atoms with Crippen LogP contribution in [0.1, 0.15) is 25.8 Å². The Bertz CT molecular complexity index is 702. The Hall–Kier alpha value is -3.02. The van der Waals surface area contributed by atoms with Crippen LogP contribution in [0.3, 0.4) is 0 Å². The number of benzene rings is 2. The normalized spacial score (nSPS) is 11.3. The van der Waals surface area contributed by atoms with Gasteiger partial charge in [-0.1, -0.05) is 30.3 Å². The van der Waals surface area contributed by atoms with E-state index in [1.54, 1.807) is 31.2 Å². The average Bonchev–Trinajstić information content (AvgIpc) is 2.67. The number of hydrogen-bond acceptors (Lipinski definition) is 4. The zero-order valence-electron chi connectivity index (χ0n) is 15.0. The zero-order chi connectivity index (χ0) is 18.8. The molecule has 1 atom stereocenters. The van der Waals surface area contributed by atoms with Crippen LogP contribution in [0.2, 0.25) is 0 Å². The van der Waals surface area contributed by atoms with Crippen LogP contribution in [0.5, 0.6) is 11.5 Å². The number of carbonyl (C=O) groups excluding carboxylic acids is 2. The highest BCUT2D eigenvalue weighted by molar-refractivity contribution is 5.84. The summed E-state index contributed by atoms with van der Waals surface area (Å²) < 4.78 is 10.9. The second-order valence-corrected chi connectivity index (χ2v) is 5.69. The Morgan fingerprint density at radius 2 is 1.62 bits per heavy atom. The van der Waals surface area contributed by atoms with Gasteiger partial charge >= 0.3 is 0 Å². The molecule has 26 heavy (non-hydrogen) atoms. The van der Waals surface area contributed by atoms with Gasteiger partial charge in [0.1, 0.15) is 11.5 Å². The molecule has 2 aromatic rings. The summed E-state index contributed by atoms with van der Waals surface area (Å²) in [6.07, 6.45) is 0.154. The number of hydrogen-bond donors (Lipinski definition) is 2. The molecule has 138 valence electrons. The molecule has 0 aromatic heterocycles. The van der Waals surface area contributed by atoms with Gasteiger partial charge in [0.2, 0.25) is 5.91 Å². The number of ether oxygens (including phenoxy) is 2. The fraction of sp³-hybridized carbons (Fsp3) is 0.300. The Balaban J connectivity index is 1.71. The van der Waals surface area contributed by atoms with Crippen LogP contribution in [-0.4, -0.2) is 24.5 Å². The molecule has 2 rings (SSSR count). The Kier molecular flexibility index (Phi) is 7.49. The molecule has 2 aromatic carbocycles. The summed E-state index contributed by atoms with van der Waals surface area (Å²) in [4.78, 5) is 23.8. The lowest BCUT2D eigenvalue weighted by atomic mass is 10.1. The van der Waals surface area contributed by atoms with Crippen molar-refractivity contribution >= 4 is 11.8 Å². The predicted octanol–water partition coefficient (Wildman–Crippen LogP) is 2.63. The molecule has 6 nitrogen and oxygen atoms in total. The van der Waals surface area contributed by atoms with Gasteiger partial charge in [0.25, 0.3) is 5.91 Å². The van der Waals surface area contributed by atoms with Gasteiger partial charge in [-0.15, -0.1) is 0 Å². The lowest BCUT2D eigenvalue weighted by Gasteiger charge is -2.15. The summed E-state index contributed by atoms with van der Waals surface area (Å²) in [6, 6.07) is 16.7. The number of hydrazine groups is 1. The minimum Gasteiger partial charge on any atom is -0.494 e. The van der Waals surface area contributed by atoms with E-state index in [4.69, 9.17) is 9.47 Å². The summed E-state index contributed by atoms with van der Waals surface area (Å²) >= 11 is 0. The Morgan fingerprint density at radius 1 is 0.962 bits per heavy atom. The SMILES string of the molecule is CCOc1ccc(O[C@@H](C)C(=O)NNC(=O)CCc2ccccc2)cc1. The molecular formula is C20H24N2O4. The van der Waals surface area contributed by atoms with E-state index in [1.807, 2.05) is 37.3 Å². The van der Waals surface area contributed by atoms with Gasteiger partial charge < -0.3 is 9.47 Å². The number of nitrogens with one attached hydrogen (secondary N) is 2. The first-order valence-electron chi connectivity index (χ1n) is 8.60. The third-order valence-corrected chi connectivity index (χ3v) is 3.63. The molecule has 0 aliphatic heterocycles. The Labute approximate surface area is 153 Å². The minimum atomic E-state index is -0.748. The number of amides is 2. The molecule has 0 saturated heterocycles. The maximum atomic E-state index is 12.0. The van der Waals surface area contributed by atoms with Gasteiger partial charge in [0, 0.05) is 6.42 Å². The predicted molar refractivity (Wildman–Crippen MR) is 98.7 cm³/mol. The molecular weight excluding hydrogens is 332 g/mol.